The molecule has 0 N–H and O–H groups in total. The first-order chi connectivity index (χ1) is 15.5. The number of carbonyl (C=O) groups is 2. The van der Waals surface area contributed by atoms with Gasteiger partial charge < -0.3 is 14.2 Å². The molecule has 3 aliphatic rings. The number of hydrogen-bond acceptors (Lipinski definition) is 5. The lowest BCUT2D eigenvalue weighted by Crippen LogP contribution is -2.47. The van der Waals surface area contributed by atoms with Crippen molar-refractivity contribution in [3.63, 3.8) is 0 Å². The number of esters is 2. The van der Waals surface area contributed by atoms with Gasteiger partial charge in [0.2, 0.25) is 0 Å². The summed E-state index contributed by atoms with van der Waals surface area (Å²) in [6, 6.07) is 14.4. The first kappa shape index (κ1) is 21.0. The fourth-order valence-corrected chi connectivity index (χ4v) is 6.27. The normalized spacial score (nSPS) is 30.4. The lowest BCUT2D eigenvalue weighted by Gasteiger charge is -2.42. The van der Waals surface area contributed by atoms with Crippen LogP contribution in [0.1, 0.15) is 58.4 Å². The molecule has 5 heteroatoms. The molecule has 2 aromatic rings. The van der Waals surface area contributed by atoms with E-state index in [2.05, 4.69) is 0 Å². The highest BCUT2D eigenvalue weighted by Crippen LogP contribution is 2.59. The van der Waals surface area contributed by atoms with Crippen LogP contribution in [-0.2, 0) is 9.47 Å². The van der Waals surface area contributed by atoms with Gasteiger partial charge in [-0.25, -0.2) is 9.59 Å². The van der Waals surface area contributed by atoms with Gasteiger partial charge in [0.1, 0.15) is 18.0 Å². The molecule has 3 fully saturated rings. The lowest BCUT2D eigenvalue weighted by molar-refractivity contribution is -0.0872. The van der Waals surface area contributed by atoms with Gasteiger partial charge in [-0.1, -0.05) is 30.5 Å². The molecule has 168 valence electrons. The van der Waals surface area contributed by atoms with Crippen LogP contribution in [0, 0.1) is 30.6 Å². The summed E-state index contributed by atoms with van der Waals surface area (Å²) in [7, 11) is 1.59. The fraction of sp³-hybridized carbons (Fsp3) is 0.481. The van der Waals surface area contributed by atoms with E-state index in [1.54, 1.807) is 43.5 Å². The molecule has 0 aromatic heterocycles. The van der Waals surface area contributed by atoms with Crippen molar-refractivity contribution in [2.24, 2.45) is 23.7 Å². The Kier molecular flexibility index (Phi) is 5.66. The number of rotatable bonds is 5. The monoisotopic (exact) mass is 434 g/mol. The van der Waals surface area contributed by atoms with Gasteiger partial charge in [0.05, 0.1) is 18.2 Å². The van der Waals surface area contributed by atoms with Gasteiger partial charge in [-0.3, -0.25) is 0 Å². The van der Waals surface area contributed by atoms with E-state index >= 15 is 0 Å². The highest BCUT2D eigenvalue weighted by molar-refractivity contribution is 5.90. The zero-order valence-corrected chi connectivity index (χ0v) is 18.7. The first-order valence-corrected chi connectivity index (χ1v) is 11.7. The predicted octanol–water partition coefficient (Wildman–Crippen LogP) is 5.21. The molecule has 0 amide bonds. The van der Waals surface area contributed by atoms with Crippen molar-refractivity contribution in [2.75, 3.05) is 7.11 Å². The topological polar surface area (TPSA) is 61.8 Å². The summed E-state index contributed by atoms with van der Waals surface area (Å²) in [5, 5.41) is 0. The van der Waals surface area contributed by atoms with Crippen molar-refractivity contribution in [3.05, 3.63) is 65.2 Å². The summed E-state index contributed by atoms with van der Waals surface area (Å²) < 4.78 is 17.3. The van der Waals surface area contributed by atoms with Gasteiger partial charge in [-0.05, 0) is 74.4 Å². The van der Waals surface area contributed by atoms with Crippen LogP contribution in [-0.4, -0.2) is 31.3 Å². The zero-order chi connectivity index (χ0) is 22.2. The summed E-state index contributed by atoms with van der Waals surface area (Å²) in [5.74, 6) is 1.67. The maximum atomic E-state index is 13.0. The molecular formula is C27H30O5. The van der Waals surface area contributed by atoms with E-state index in [1.807, 2.05) is 19.1 Å². The van der Waals surface area contributed by atoms with Gasteiger partial charge in [-0.15, -0.1) is 0 Å². The minimum Gasteiger partial charge on any atom is -0.497 e. The second-order valence-corrected chi connectivity index (χ2v) is 9.51. The molecule has 3 aliphatic carbocycles. The molecule has 0 radical (unpaired) electrons. The highest BCUT2D eigenvalue weighted by Gasteiger charge is 2.61. The molecule has 5 nitrogen and oxygen atoms in total. The van der Waals surface area contributed by atoms with Gasteiger partial charge in [0, 0.05) is 11.8 Å². The van der Waals surface area contributed by atoms with Gasteiger partial charge in [0.25, 0.3) is 0 Å². The smallest absolute Gasteiger partial charge is 0.338 e. The third kappa shape index (κ3) is 3.78. The average molecular weight is 435 g/mol. The Morgan fingerprint density at radius 2 is 1.19 bits per heavy atom. The molecule has 6 unspecified atom stereocenters. The van der Waals surface area contributed by atoms with Crippen LogP contribution in [0.15, 0.2) is 48.5 Å². The lowest BCUT2D eigenvalue weighted by atomic mass is 9.69. The summed E-state index contributed by atoms with van der Waals surface area (Å²) in [6.45, 7) is 1.99. The Labute approximate surface area is 189 Å². The van der Waals surface area contributed by atoms with Crippen molar-refractivity contribution in [1.29, 1.82) is 0 Å². The van der Waals surface area contributed by atoms with Crippen molar-refractivity contribution >= 4 is 11.9 Å². The van der Waals surface area contributed by atoms with Crippen LogP contribution >= 0.6 is 0 Å². The summed E-state index contributed by atoms with van der Waals surface area (Å²) in [4.78, 5) is 25.9. The van der Waals surface area contributed by atoms with E-state index in [0.717, 1.165) is 12.0 Å². The Balaban J connectivity index is 1.37. The third-order valence-corrected chi connectivity index (χ3v) is 7.79. The Morgan fingerprint density at radius 1 is 0.719 bits per heavy atom. The molecule has 2 bridgehead atoms. The van der Waals surface area contributed by atoms with Gasteiger partial charge >= 0.3 is 11.9 Å². The number of carbonyl (C=O) groups excluding carboxylic acids is 2. The van der Waals surface area contributed by atoms with Gasteiger partial charge in [-0.2, -0.15) is 0 Å². The van der Waals surface area contributed by atoms with E-state index in [1.165, 1.54) is 25.7 Å². The second-order valence-electron chi connectivity index (χ2n) is 9.51. The summed E-state index contributed by atoms with van der Waals surface area (Å²) in [6.07, 6.45) is 5.04. The van der Waals surface area contributed by atoms with Crippen molar-refractivity contribution in [3.8, 4) is 5.75 Å². The Morgan fingerprint density at radius 3 is 1.66 bits per heavy atom. The molecule has 32 heavy (non-hydrogen) atoms. The van der Waals surface area contributed by atoms with Crippen LogP contribution in [0.3, 0.4) is 0 Å². The fourth-order valence-electron chi connectivity index (χ4n) is 6.27. The molecule has 5 rings (SSSR count). The Bertz CT molecular complexity index is 980. The number of aryl methyl sites for hydroxylation is 1. The molecule has 0 heterocycles. The zero-order valence-electron chi connectivity index (χ0n) is 18.7. The van der Waals surface area contributed by atoms with Crippen LogP contribution in [0.4, 0.5) is 0 Å². The maximum Gasteiger partial charge on any atom is 0.338 e. The number of fused-ring (bicyclic) bond motifs is 5. The van der Waals surface area contributed by atoms with E-state index in [4.69, 9.17) is 14.2 Å². The number of benzene rings is 2. The van der Waals surface area contributed by atoms with E-state index in [0.29, 0.717) is 28.7 Å². The van der Waals surface area contributed by atoms with Crippen molar-refractivity contribution in [1.82, 2.24) is 0 Å². The maximum absolute atomic E-state index is 13.0. The molecule has 2 aromatic carbocycles. The molecule has 3 saturated carbocycles. The van der Waals surface area contributed by atoms with Crippen LogP contribution in [0.25, 0.3) is 0 Å². The van der Waals surface area contributed by atoms with Gasteiger partial charge in [0.15, 0.2) is 0 Å². The predicted molar refractivity (Wildman–Crippen MR) is 120 cm³/mol. The SMILES string of the molecule is COc1ccc(C(=O)OC2C3CC(C4CCCCC43)C2OC(=O)c2ccc(C)cc2)cc1. The van der Waals surface area contributed by atoms with Crippen molar-refractivity contribution < 1.29 is 23.8 Å². The van der Waals surface area contributed by atoms with Crippen LogP contribution < -0.4 is 4.74 Å². The average Bonchev–Trinajstić information content (AvgIpc) is 3.36. The molecule has 0 aliphatic heterocycles. The first-order valence-electron chi connectivity index (χ1n) is 11.7. The van der Waals surface area contributed by atoms with Crippen LogP contribution in [0.5, 0.6) is 5.75 Å². The molecule has 0 saturated heterocycles. The third-order valence-electron chi connectivity index (χ3n) is 7.79. The molecule has 6 atom stereocenters. The molecule has 0 spiro atoms. The molecular weight excluding hydrogens is 404 g/mol. The summed E-state index contributed by atoms with van der Waals surface area (Å²) >= 11 is 0. The second kappa shape index (κ2) is 8.61. The quantitative estimate of drug-likeness (QED) is 0.605. The number of ether oxygens (including phenoxy) is 3. The summed E-state index contributed by atoms with van der Waals surface area (Å²) in [5.41, 5.74) is 2.12. The number of hydrogen-bond donors (Lipinski definition) is 0. The number of methoxy groups -OCH3 is 1. The minimum atomic E-state index is -0.386. The highest BCUT2D eigenvalue weighted by atomic mass is 16.6. The standard InChI is InChI=1S/C27H30O5/c1-16-7-9-17(10-8-16)26(28)31-24-22-15-23(21-6-4-3-5-20(21)22)25(24)32-27(29)18-11-13-19(30-2)14-12-18/h7-14,20-25H,3-6,15H2,1-2H3. The van der Waals surface area contributed by atoms with E-state index in [-0.39, 0.29) is 36.0 Å². The Hall–Kier alpha value is -2.82. The largest absolute Gasteiger partial charge is 0.497 e. The van der Waals surface area contributed by atoms with Crippen LogP contribution in [0.2, 0.25) is 0 Å². The van der Waals surface area contributed by atoms with Crippen molar-refractivity contribution in [2.45, 2.75) is 51.2 Å². The minimum absolute atomic E-state index is 0.267. The van der Waals surface area contributed by atoms with E-state index in [9.17, 15) is 9.59 Å². The van der Waals surface area contributed by atoms with E-state index < -0.39 is 0 Å².